The molecule has 2 unspecified atom stereocenters. The van der Waals surface area contributed by atoms with Crippen molar-refractivity contribution >= 4 is 15.9 Å². The second-order valence-corrected chi connectivity index (χ2v) is 5.81. The van der Waals surface area contributed by atoms with Crippen LogP contribution in [0.15, 0.2) is 28.7 Å². The van der Waals surface area contributed by atoms with Gasteiger partial charge in [0.1, 0.15) is 0 Å². The highest BCUT2D eigenvalue weighted by Gasteiger charge is 2.33. The van der Waals surface area contributed by atoms with Crippen LogP contribution in [0, 0.1) is 0 Å². The molecule has 1 saturated heterocycles. The molecule has 94 valence electrons. The second kappa shape index (κ2) is 5.51. The number of halogens is 1. The van der Waals surface area contributed by atoms with Gasteiger partial charge in [-0.15, -0.1) is 0 Å². The maximum absolute atomic E-state index is 6.29. The Hall–Kier alpha value is -0.380. The van der Waals surface area contributed by atoms with E-state index >= 15 is 0 Å². The van der Waals surface area contributed by atoms with Crippen molar-refractivity contribution in [3.05, 3.63) is 34.3 Å². The zero-order valence-electron chi connectivity index (χ0n) is 10.5. The highest BCUT2D eigenvalue weighted by Crippen LogP contribution is 2.33. The lowest BCUT2D eigenvalue weighted by Gasteiger charge is -2.39. The molecule has 1 aromatic carbocycles. The number of hydrogen-bond acceptors (Lipinski definition) is 2. The molecular formula is C14H20BrNO. The monoisotopic (exact) mass is 297 g/mol. The van der Waals surface area contributed by atoms with Crippen molar-refractivity contribution in [1.82, 2.24) is 5.32 Å². The van der Waals surface area contributed by atoms with E-state index in [-0.39, 0.29) is 11.7 Å². The van der Waals surface area contributed by atoms with Gasteiger partial charge in [0, 0.05) is 17.6 Å². The smallest absolute Gasteiger partial charge is 0.0968 e. The van der Waals surface area contributed by atoms with Gasteiger partial charge in [0.2, 0.25) is 0 Å². The Morgan fingerprint density at radius 1 is 1.47 bits per heavy atom. The standard InChI is InChI=1S/C14H20BrNO/c1-3-8-14(2)10-16-9-13(17-14)11-6-4-5-7-12(11)15/h4-7,13,16H,3,8-10H2,1-2H3. The number of morpholine rings is 1. The SMILES string of the molecule is CCCC1(C)CNCC(c2ccccc2Br)O1. The maximum atomic E-state index is 6.29. The number of hydrogen-bond donors (Lipinski definition) is 1. The molecule has 1 aliphatic rings. The quantitative estimate of drug-likeness (QED) is 0.919. The lowest BCUT2D eigenvalue weighted by Crippen LogP contribution is -2.48. The summed E-state index contributed by atoms with van der Waals surface area (Å²) in [5.41, 5.74) is 1.20. The summed E-state index contributed by atoms with van der Waals surface area (Å²) >= 11 is 3.60. The van der Waals surface area contributed by atoms with Gasteiger partial charge >= 0.3 is 0 Å². The van der Waals surface area contributed by atoms with Crippen molar-refractivity contribution in [2.45, 2.75) is 38.4 Å². The number of nitrogens with one attached hydrogen (secondary N) is 1. The summed E-state index contributed by atoms with van der Waals surface area (Å²) in [5, 5.41) is 3.49. The fourth-order valence-electron chi connectivity index (χ4n) is 2.48. The van der Waals surface area contributed by atoms with E-state index < -0.39 is 0 Å². The second-order valence-electron chi connectivity index (χ2n) is 4.96. The first-order chi connectivity index (χ1) is 8.14. The predicted molar refractivity (Wildman–Crippen MR) is 74.2 cm³/mol. The number of ether oxygens (including phenoxy) is 1. The summed E-state index contributed by atoms with van der Waals surface area (Å²) in [6.07, 6.45) is 2.40. The minimum absolute atomic E-state index is 0.0348. The molecule has 0 spiro atoms. The van der Waals surface area contributed by atoms with Crippen molar-refractivity contribution in [1.29, 1.82) is 0 Å². The molecule has 0 aromatic heterocycles. The van der Waals surface area contributed by atoms with Crippen LogP contribution in [0.5, 0.6) is 0 Å². The van der Waals surface area contributed by atoms with Crippen LogP contribution in [-0.2, 0) is 4.74 Å². The minimum Gasteiger partial charge on any atom is -0.365 e. The molecule has 0 saturated carbocycles. The van der Waals surface area contributed by atoms with E-state index in [0.717, 1.165) is 30.4 Å². The molecule has 1 aromatic rings. The van der Waals surface area contributed by atoms with Gasteiger partial charge in [-0.05, 0) is 25.0 Å². The summed E-state index contributed by atoms with van der Waals surface area (Å²) < 4.78 is 7.42. The Kier molecular flexibility index (Phi) is 4.23. The van der Waals surface area contributed by atoms with E-state index in [4.69, 9.17) is 4.74 Å². The van der Waals surface area contributed by atoms with Crippen LogP contribution in [-0.4, -0.2) is 18.7 Å². The summed E-state index contributed by atoms with van der Waals surface area (Å²) in [5.74, 6) is 0. The third-order valence-electron chi connectivity index (χ3n) is 3.29. The molecule has 1 heterocycles. The van der Waals surface area contributed by atoms with Gasteiger partial charge in [-0.2, -0.15) is 0 Å². The van der Waals surface area contributed by atoms with E-state index in [1.807, 2.05) is 6.07 Å². The lowest BCUT2D eigenvalue weighted by molar-refractivity contribution is -0.112. The molecule has 1 fully saturated rings. The minimum atomic E-state index is -0.0348. The molecule has 17 heavy (non-hydrogen) atoms. The van der Waals surface area contributed by atoms with E-state index in [9.17, 15) is 0 Å². The van der Waals surface area contributed by atoms with E-state index in [1.165, 1.54) is 5.56 Å². The highest BCUT2D eigenvalue weighted by atomic mass is 79.9. The average molecular weight is 298 g/mol. The molecule has 1 aliphatic heterocycles. The van der Waals surface area contributed by atoms with Crippen LogP contribution in [0.1, 0.15) is 38.4 Å². The van der Waals surface area contributed by atoms with Gasteiger partial charge in [-0.1, -0.05) is 47.5 Å². The number of rotatable bonds is 3. The zero-order chi connectivity index (χ0) is 12.3. The van der Waals surface area contributed by atoms with Crippen molar-refractivity contribution in [3.63, 3.8) is 0 Å². The Labute approximate surface area is 112 Å². The largest absolute Gasteiger partial charge is 0.365 e. The summed E-state index contributed by atoms with van der Waals surface area (Å²) in [6, 6.07) is 8.31. The topological polar surface area (TPSA) is 21.3 Å². The molecule has 3 heteroatoms. The Bertz CT molecular complexity index is 378. The maximum Gasteiger partial charge on any atom is 0.0968 e. The van der Waals surface area contributed by atoms with Crippen molar-refractivity contribution in [2.24, 2.45) is 0 Å². The molecular weight excluding hydrogens is 278 g/mol. The molecule has 2 atom stereocenters. The molecule has 0 aliphatic carbocycles. The Balaban J connectivity index is 2.15. The highest BCUT2D eigenvalue weighted by molar-refractivity contribution is 9.10. The summed E-state index contributed by atoms with van der Waals surface area (Å²) in [7, 11) is 0. The third-order valence-corrected chi connectivity index (χ3v) is 4.01. The van der Waals surface area contributed by atoms with Gasteiger partial charge in [-0.25, -0.2) is 0 Å². The molecule has 1 N–H and O–H groups in total. The van der Waals surface area contributed by atoms with Crippen molar-refractivity contribution in [3.8, 4) is 0 Å². The van der Waals surface area contributed by atoms with Crippen LogP contribution in [0.25, 0.3) is 0 Å². The molecule has 2 nitrogen and oxygen atoms in total. The Morgan fingerprint density at radius 3 is 2.94 bits per heavy atom. The normalized spacial score (nSPS) is 29.2. The molecule has 0 amide bonds. The predicted octanol–water partition coefficient (Wildman–Crippen LogP) is 3.67. The van der Waals surface area contributed by atoms with Gasteiger partial charge in [0.05, 0.1) is 11.7 Å². The number of benzene rings is 1. The van der Waals surface area contributed by atoms with Gasteiger partial charge < -0.3 is 10.1 Å². The van der Waals surface area contributed by atoms with E-state index in [1.54, 1.807) is 0 Å². The van der Waals surface area contributed by atoms with Crippen molar-refractivity contribution < 1.29 is 4.74 Å². The molecule has 0 bridgehead atoms. The first-order valence-corrected chi connectivity index (χ1v) is 7.07. The summed E-state index contributed by atoms with van der Waals surface area (Å²) in [4.78, 5) is 0. The van der Waals surface area contributed by atoms with E-state index in [0.29, 0.717) is 0 Å². The van der Waals surface area contributed by atoms with E-state index in [2.05, 4.69) is 53.3 Å². The average Bonchev–Trinajstić information content (AvgIpc) is 2.29. The van der Waals surface area contributed by atoms with Gasteiger partial charge in [0.25, 0.3) is 0 Å². The molecule has 0 radical (unpaired) electrons. The first-order valence-electron chi connectivity index (χ1n) is 6.27. The van der Waals surface area contributed by atoms with Crippen molar-refractivity contribution in [2.75, 3.05) is 13.1 Å². The fraction of sp³-hybridized carbons (Fsp3) is 0.571. The van der Waals surface area contributed by atoms with Gasteiger partial charge in [0.15, 0.2) is 0 Å². The zero-order valence-corrected chi connectivity index (χ0v) is 12.1. The lowest BCUT2D eigenvalue weighted by atomic mass is 9.96. The third kappa shape index (κ3) is 3.09. The van der Waals surface area contributed by atoms with Crippen LogP contribution >= 0.6 is 15.9 Å². The summed E-state index contributed by atoms with van der Waals surface area (Å²) in [6.45, 7) is 6.24. The van der Waals surface area contributed by atoms with Crippen LogP contribution in [0.3, 0.4) is 0 Å². The van der Waals surface area contributed by atoms with Gasteiger partial charge in [-0.3, -0.25) is 0 Å². The van der Waals surface area contributed by atoms with Crippen LogP contribution in [0.4, 0.5) is 0 Å². The van der Waals surface area contributed by atoms with Crippen LogP contribution in [0.2, 0.25) is 0 Å². The van der Waals surface area contributed by atoms with Crippen LogP contribution < -0.4 is 5.32 Å². The molecule has 2 rings (SSSR count). The fourth-order valence-corrected chi connectivity index (χ4v) is 3.02. The Morgan fingerprint density at radius 2 is 2.24 bits per heavy atom. The first kappa shape index (κ1) is 13.1.